The van der Waals surface area contributed by atoms with Crippen LogP contribution in [0.1, 0.15) is 0 Å². The standard InChI is InChI=1S/C17H14N8S2/c1-2-6-13(7-3-1)25-17(21-22-23-25)26-11-14-10-24-15(19-20-16(24)27-14)12-5-4-8-18-9-12/h1-9,14H,10-11H2. The lowest BCUT2D eigenvalue weighted by molar-refractivity contribution is 0.677. The maximum Gasteiger partial charge on any atom is 0.214 e. The van der Waals surface area contributed by atoms with E-state index in [-0.39, 0.29) is 0 Å². The van der Waals surface area contributed by atoms with Crippen molar-refractivity contribution < 1.29 is 0 Å². The third-order valence-electron chi connectivity index (χ3n) is 4.13. The Morgan fingerprint density at radius 2 is 2.00 bits per heavy atom. The summed E-state index contributed by atoms with van der Waals surface area (Å²) in [4.78, 5) is 4.18. The van der Waals surface area contributed by atoms with E-state index in [1.807, 2.05) is 48.7 Å². The van der Waals surface area contributed by atoms with Crippen molar-refractivity contribution in [1.29, 1.82) is 0 Å². The molecule has 0 amide bonds. The molecule has 0 N–H and O–H groups in total. The molecule has 8 nitrogen and oxygen atoms in total. The Balaban J connectivity index is 1.29. The van der Waals surface area contributed by atoms with Crippen molar-refractivity contribution >= 4 is 23.5 Å². The normalized spacial score (nSPS) is 15.8. The van der Waals surface area contributed by atoms with Crippen LogP contribution in [0.2, 0.25) is 0 Å². The van der Waals surface area contributed by atoms with Gasteiger partial charge in [-0.2, -0.15) is 4.68 Å². The number of benzene rings is 1. The van der Waals surface area contributed by atoms with Gasteiger partial charge in [0, 0.05) is 35.5 Å². The van der Waals surface area contributed by atoms with E-state index in [2.05, 4.69) is 35.3 Å². The summed E-state index contributed by atoms with van der Waals surface area (Å²) in [6.45, 7) is 0.858. The van der Waals surface area contributed by atoms with Crippen LogP contribution in [0.3, 0.4) is 0 Å². The van der Waals surface area contributed by atoms with E-state index in [0.29, 0.717) is 5.25 Å². The van der Waals surface area contributed by atoms with Crippen LogP contribution in [0, 0.1) is 0 Å². The monoisotopic (exact) mass is 394 g/mol. The Bertz CT molecular complexity index is 1050. The first-order valence-corrected chi connectivity index (χ1v) is 10.2. The van der Waals surface area contributed by atoms with Crippen molar-refractivity contribution in [1.82, 2.24) is 40.0 Å². The fourth-order valence-corrected chi connectivity index (χ4v) is 5.07. The SMILES string of the molecule is c1ccc(-n2nnnc2SCC2Cn3c(nnc3-c3cccnc3)S2)cc1. The highest BCUT2D eigenvalue weighted by Crippen LogP contribution is 2.36. The molecule has 1 atom stereocenters. The third-order valence-corrected chi connectivity index (χ3v) is 6.59. The summed E-state index contributed by atoms with van der Waals surface area (Å²) in [5.41, 5.74) is 1.94. The van der Waals surface area contributed by atoms with E-state index in [0.717, 1.165) is 39.7 Å². The highest BCUT2D eigenvalue weighted by Gasteiger charge is 2.28. The van der Waals surface area contributed by atoms with Gasteiger partial charge in [0.25, 0.3) is 0 Å². The zero-order valence-corrected chi connectivity index (χ0v) is 15.7. The van der Waals surface area contributed by atoms with E-state index >= 15 is 0 Å². The summed E-state index contributed by atoms with van der Waals surface area (Å²) in [6.07, 6.45) is 3.58. The first kappa shape index (κ1) is 16.5. The minimum Gasteiger partial charge on any atom is -0.301 e. The summed E-state index contributed by atoms with van der Waals surface area (Å²) >= 11 is 3.40. The van der Waals surface area contributed by atoms with Gasteiger partial charge in [0.15, 0.2) is 11.0 Å². The molecule has 4 heterocycles. The molecule has 1 aromatic carbocycles. The smallest absolute Gasteiger partial charge is 0.214 e. The van der Waals surface area contributed by atoms with Gasteiger partial charge in [-0.25, -0.2) is 0 Å². The number of pyridine rings is 1. The summed E-state index contributed by atoms with van der Waals surface area (Å²) in [6, 6.07) is 13.8. The third kappa shape index (κ3) is 3.21. The first-order valence-electron chi connectivity index (χ1n) is 8.35. The predicted molar refractivity (Wildman–Crippen MR) is 103 cm³/mol. The largest absolute Gasteiger partial charge is 0.301 e. The van der Waals surface area contributed by atoms with Gasteiger partial charge in [0.1, 0.15) is 0 Å². The zero-order valence-electron chi connectivity index (χ0n) is 14.1. The fourth-order valence-electron chi connectivity index (χ4n) is 2.89. The molecule has 0 saturated carbocycles. The topological polar surface area (TPSA) is 87.2 Å². The Labute approximate surface area is 163 Å². The van der Waals surface area contributed by atoms with Gasteiger partial charge < -0.3 is 4.57 Å². The van der Waals surface area contributed by atoms with Crippen LogP contribution in [0.4, 0.5) is 0 Å². The minimum absolute atomic E-state index is 0.386. The molecule has 4 aromatic rings. The summed E-state index contributed by atoms with van der Waals surface area (Å²) in [7, 11) is 0. The van der Waals surface area contributed by atoms with Crippen LogP contribution in [0.5, 0.6) is 0 Å². The number of fused-ring (bicyclic) bond motifs is 1. The molecule has 10 heteroatoms. The number of para-hydroxylation sites is 1. The lowest BCUT2D eigenvalue weighted by Crippen LogP contribution is -2.10. The Hall–Kier alpha value is -2.72. The van der Waals surface area contributed by atoms with Crippen molar-refractivity contribution in [2.24, 2.45) is 0 Å². The van der Waals surface area contributed by atoms with Crippen LogP contribution in [0.25, 0.3) is 17.1 Å². The van der Waals surface area contributed by atoms with Gasteiger partial charge in [-0.3, -0.25) is 4.98 Å². The van der Waals surface area contributed by atoms with E-state index in [9.17, 15) is 0 Å². The van der Waals surface area contributed by atoms with Crippen molar-refractivity contribution in [3.63, 3.8) is 0 Å². The van der Waals surface area contributed by atoms with Crippen LogP contribution in [-0.4, -0.2) is 51.0 Å². The second kappa shape index (κ2) is 7.12. The molecule has 0 bridgehead atoms. The second-order valence-electron chi connectivity index (χ2n) is 5.92. The number of hydrogen-bond acceptors (Lipinski definition) is 8. The Morgan fingerprint density at radius 1 is 1.07 bits per heavy atom. The molecule has 0 aliphatic carbocycles. The number of rotatable bonds is 5. The van der Waals surface area contributed by atoms with Gasteiger partial charge in [-0.1, -0.05) is 41.7 Å². The van der Waals surface area contributed by atoms with E-state index in [1.54, 1.807) is 34.4 Å². The molecular formula is C17H14N8S2. The highest BCUT2D eigenvalue weighted by atomic mass is 32.2. The fraction of sp³-hybridized carbons (Fsp3) is 0.176. The maximum absolute atomic E-state index is 4.33. The molecule has 134 valence electrons. The predicted octanol–water partition coefficient (Wildman–Crippen LogP) is 2.58. The average Bonchev–Trinajstić information content (AvgIpc) is 3.43. The quantitative estimate of drug-likeness (QED) is 0.477. The minimum atomic E-state index is 0.386. The number of nitrogens with zero attached hydrogens (tertiary/aromatic N) is 8. The van der Waals surface area contributed by atoms with Crippen LogP contribution in [-0.2, 0) is 6.54 Å². The zero-order chi connectivity index (χ0) is 18.1. The van der Waals surface area contributed by atoms with Gasteiger partial charge in [0.05, 0.1) is 5.69 Å². The van der Waals surface area contributed by atoms with Crippen molar-refractivity contribution in [2.45, 2.75) is 22.1 Å². The first-order chi connectivity index (χ1) is 13.4. The molecular weight excluding hydrogens is 380 g/mol. The van der Waals surface area contributed by atoms with Crippen molar-refractivity contribution in [2.75, 3.05) is 5.75 Å². The lowest BCUT2D eigenvalue weighted by atomic mass is 10.2. The Kier molecular flexibility index (Phi) is 4.34. The van der Waals surface area contributed by atoms with Gasteiger partial charge in [-0.05, 0) is 34.7 Å². The lowest BCUT2D eigenvalue weighted by Gasteiger charge is -2.08. The molecule has 3 aromatic heterocycles. The van der Waals surface area contributed by atoms with E-state index < -0.39 is 0 Å². The Morgan fingerprint density at radius 3 is 2.85 bits per heavy atom. The molecule has 5 rings (SSSR count). The number of hydrogen-bond donors (Lipinski definition) is 0. The molecule has 27 heavy (non-hydrogen) atoms. The average molecular weight is 394 g/mol. The van der Waals surface area contributed by atoms with Gasteiger partial charge in [0.2, 0.25) is 5.16 Å². The molecule has 0 fully saturated rings. The summed E-state index contributed by atoms with van der Waals surface area (Å²) < 4.78 is 3.93. The van der Waals surface area contributed by atoms with Crippen LogP contribution < -0.4 is 0 Å². The molecule has 0 saturated heterocycles. The van der Waals surface area contributed by atoms with E-state index in [1.165, 1.54) is 0 Å². The van der Waals surface area contributed by atoms with Gasteiger partial charge in [-0.15, -0.1) is 15.3 Å². The number of aromatic nitrogens is 8. The van der Waals surface area contributed by atoms with E-state index in [4.69, 9.17) is 0 Å². The molecule has 0 radical (unpaired) electrons. The van der Waals surface area contributed by atoms with Crippen LogP contribution in [0.15, 0.2) is 65.2 Å². The van der Waals surface area contributed by atoms with Crippen molar-refractivity contribution in [3.05, 3.63) is 54.9 Å². The summed E-state index contributed by atoms with van der Waals surface area (Å²) in [5, 5.41) is 22.9. The van der Waals surface area contributed by atoms with Crippen molar-refractivity contribution in [3.8, 4) is 17.1 Å². The van der Waals surface area contributed by atoms with Gasteiger partial charge >= 0.3 is 0 Å². The maximum atomic E-state index is 4.33. The number of tetrazole rings is 1. The number of thioether (sulfide) groups is 2. The molecule has 1 unspecified atom stereocenters. The molecule has 1 aliphatic rings. The molecule has 1 aliphatic heterocycles. The second-order valence-corrected chi connectivity index (χ2v) is 8.17. The van der Waals surface area contributed by atoms with Crippen LogP contribution >= 0.6 is 23.5 Å². The summed E-state index contributed by atoms with van der Waals surface area (Å²) in [5.74, 6) is 1.75. The molecule has 0 spiro atoms. The highest BCUT2D eigenvalue weighted by molar-refractivity contribution is 8.03.